The Balaban J connectivity index is 1.73. The van der Waals surface area contributed by atoms with E-state index in [1.807, 2.05) is 18.2 Å². The van der Waals surface area contributed by atoms with Gasteiger partial charge in [0.15, 0.2) is 0 Å². The van der Waals surface area contributed by atoms with Crippen molar-refractivity contribution < 1.29 is 23.9 Å². The van der Waals surface area contributed by atoms with Crippen LogP contribution in [0.3, 0.4) is 0 Å². The third-order valence-corrected chi connectivity index (χ3v) is 4.30. The summed E-state index contributed by atoms with van der Waals surface area (Å²) in [5.74, 6) is 1.07. The van der Waals surface area contributed by atoms with Gasteiger partial charge < -0.3 is 19.9 Å². The van der Waals surface area contributed by atoms with Gasteiger partial charge in [0, 0.05) is 12.0 Å². The molecular formula is C20H21N3O6. The Morgan fingerprint density at radius 2 is 2.03 bits per heavy atom. The summed E-state index contributed by atoms with van der Waals surface area (Å²) < 4.78 is 15.7. The second-order valence-electron chi connectivity index (χ2n) is 6.38. The zero-order valence-electron chi connectivity index (χ0n) is 15.8. The van der Waals surface area contributed by atoms with Gasteiger partial charge in [-0.2, -0.15) is 0 Å². The maximum absolute atomic E-state index is 11.5. The lowest BCUT2D eigenvalue weighted by Crippen LogP contribution is -2.33. The Bertz CT molecular complexity index is 918. The summed E-state index contributed by atoms with van der Waals surface area (Å²) in [5, 5.41) is 14.5. The van der Waals surface area contributed by atoms with Crippen LogP contribution >= 0.6 is 0 Å². The monoisotopic (exact) mass is 399 g/mol. The van der Waals surface area contributed by atoms with E-state index in [2.05, 4.69) is 10.1 Å². The molecule has 0 saturated carbocycles. The molecule has 1 heterocycles. The number of carbonyl (C=O) groups is 1. The fourth-order valence-corrected chi connectivity index (χ4v) is 2.84. The first-order chi connectivity index (χ1) is 14.0. The number of carbonyl (C=O) groups excluding carboxylic acids is 1. The van der Waals surface area contributed by atoms with E-state index in [0.717, 1.165) is 11.3 Å². The second kappa shape index (κ2) is 9.18. The van der Waals surface area contributed by atoms with Crippen molar-refractivity contribution in [3.63, 3.8) is 0 Å². The predicted molar refractivity (Wildman–Crippen MR) is 105 cm³/mol. The molecule has 1 saturated heterocycles. The van der Waals surface area contributed by atoms with Crippen molar-refractivity contribution in [1.29, 1.82) is 0 Å². The van der Waals surface area contributed by atoms with Crippen LogP contribution in [0.4, 0.5) is 5.69 Å². The lowest BCUT2D eigenvalue weighted by atomic mass is 10.0. The summed E-state index contributed by atoms with van der Waals surface area (Å²) in [6.45, 7) is 1.19. The maximum Gasteiger partial charge on any atom is 0.322 e. The average Bonchev–Trinajstić information content (AvgIpc) is 3.22. The highest BCUT2D eigenvalue weighted by atomic mass is 16.6. The Labute approximate surface area is 167 Å². The number of nitrogens with two attached hydrogens (primary N) is 1. The number of benzene rings is 2. The van der Waals surface area contributed by atoms with Gasteiger partial charge >= 0.3 is 5.97 Å². The Morgan fingerprint density at radius 1 is 1.31 bits per heavy atom. The summed E-state index contributed by atoms with van der Waals surface area (Å²) >= 11 is 0. The maximum atomic E-state index is 11.5. The van der Waals surface area contributed by atoms with E-state index in [-0.39, 0.29) is 12.1 Å². The quantitative estimate of drug-likeness (QED) is 0.413. The van der Waals surface area contributed by atoms with Crippen molar-refractivity contribution in [2.45, 2.75) is 12.5 Å². The van der Waals surface area contributed by atoms with Crippen LogP contribution < -0.4 is 15.8 Å². The van der Waals surface area contributed by atoms with Crippen molar-refractivity contribution in [2.75, 3.05) is 20.4 Å². The van der Waals surface area contributed by atoms with Gasteiger partial charge in [0.1, 0.15) is 30.0 Å². The molecule has 3 N–H and O–H groups in total. The Hall–Kier alpha value is -3.43. The van der Waals surface area contributed by atoms with Gasteiger partial charge in [-0.05, 0) is 35.9 Å². The number of hydrogen-bond donors (Lipinski definition) is 2. The number of nitrogens with one attached hydrogen (secondary N) is 1. The average molecular weight is 399 g/mol. The summed E-state index contributed by atoms with van der Waals surface area (Å²) in [5.41, 5.74) is 6.82. The molecule has 0 bridgehead atoms. The summed E-state index contributed by atoms with van der Waals surface area (Å²) in [6, 6.07) is 10.7. The third kappa shape index (κ3) is 5.31. The number of esters is 1. The summed E-state index contributed by atoms with van der Waals surface area (Å²) in [7, 11) is 1.22. The van der Waals surface area contributed by atoms with Crippen LogP contribution in [-0.4, -0.2) is 37.3 Å². The number of hydrogen-bond acceptors (Lipinski definition) is 8. The van der Waals surface area contributed by atoms with Gasteiger partial charge in [0.2, 0.25) is 0 Å². The van der Waals surface area contributed by atoms with Gasteiger partial charge in [0.05, 0.1) is 24.6 Å². The number of nitro benzene ring substituents is 1. The van der Waals surface area contributed by atoms with Gasteiger partial charge in [-0.25, -0.2) is 0 Å². The number of nitro groups is 1. The first-order valence-electron chi connectivity index (χ1n) is 8.89. The SMILES string of the molecule is COC(=O)C(N)Cc1ccc(Oc2ccc(C=C3CNCO3)cc2)cc1[N+](=O)[O-]. The van der Waals surface area contributed by atoms with Crippen LogP contribution in [0.5, 0.6) is 11.5 Å². The predicted octanol–water partition coefficient (Wildman–Crippen LogP) is 2.35. The molecule has 152 valence electrons. The minimum atomic E-state index is -0.980. The van der Waals surface area contributed by atoms with Crippen molar-refractivity contribution in [1.82, 2.24) is 5.32 Å². The minimum Gasteiger partial charge on any atom is -0.481 e. The highest BCUT2D eigenvalue weighted by Gasteiger charge is 2.22. The number of ether oxygens (including phenoxy) is 3. The molecule has 2 aromatic carbocycles. The third-order valence-electron chi connectivity index (χ3n) is 4.30. The number of methoxy groups -OCH3 is 1. The number of rotatable bonds is 7. The van der Waals surface area contributed by atoms with Crippen LogP contribution in [0.25, 0.3) is 6.08 Å². The van der Waals surface area contributed by atoms with Crippen molar-refractivity contribution >= 4 is 17.7 Å². The standard InChI is InChI=1S/C20H21N3O6/c1-27-20(24)18(21)9-14-4-7-16(10-19(14)23(25)26)29-15-5-2-13(3-6-15)8-17-11-22-12-28-17/h2-8,10,18,22H,9,11-12,21H2,1H3. The lowest BCUT2D eigenvalue weighted by Gasteiger charge is -2.11. The fraction of sp³-hybridized carbons (Fsp3) is 0.250. The second-order valence-corrected chi connectivity index (χ2v) is 6.38. The highest BCUT2D eigenvalue weighted by molar-refractivity contribution is 5.76. The molecule has 1 atom stereocenters. The molecule has 0 aromatic heterocycles. The fourth-order valence-electron chi connectivity index (χ4n) is 2.84. The van der Waals surface area contributed by atoms with E-state index < -0.39 is 16.9 Å². The first kappa shape index (κ1) is 20.3. The van der Waals surface area contributed by atoms with Gasteiger partial charge in [-0.15, -0.1) is 0 Å². The van der Waals surface area contributed by atoms with Gasteiger partial charge in [-0.3, -0.25) is 20.2 Å². The summed E-state index contributed by atoms with van der Waals surface area (Å²) in [4.78, 5) is 22.4. The molecule has 0 spiro atoms. The van der Waals surface area contributed by atoms with Crippen molar-refractivity contribution in [3.05, 3.63) is 69.5 Å². The Morgan fingerprint density at radius 3 is 2.66 bits per heavy atom. The molecule has 9 heteroatoms. The Kier molecular flexibility index (Phi) is 6.43. The van der Waals surface area contributed by atoms with E-state index in [4.69, 9.17) is 15.2 Å². The molecular weight excluding hydrogens is 378 g/mol. The normalized spacial score (nSPS) is 15.6. The van der Waals surface area contributed by atoms with Crippen LogP contribution in [0, 0.1) is 10.1 Å². The van der Waals surface area contributed by atoms with Crippen molar-refractivity contribution in [3.8, 4) is 11.5 Å². The van der Waals surface area contributed by atoms with Gasteiger partial charge in [0.25, 0.3) is 5.69 Å². The molecule has 1 fully saturated rings. The summed E-state index contributed by atoms with van der Waals surface area (Å²) in [6.07, 6.45) is 1.91. The molecule has 1 unspecified atom stereocenters. The molecule has 0 radical (unpaired) electrons. The van der Waals surface area contributed by atoms with E-state index in [1.54, 1.807) is 18.2 Å². The minimum absolute atomic E-state index is 0.0104. The van der Waals surface area contributed by atoms with Crippen LogP contribution in [0.2, 0.25) is 0 Å². The van der Waals surface area contributed by atoms with E-state index in [1.165, 1.54) is 19.2 Å². The van der Waals surface area contributed by atoms with Crippen molar-refractivity contribution in [2.24, 2.45) is 5.73 Å². The molecule has 1 aliphatic heterocycles. The number of nitrogens with zero attached hydrogens (tertiary/aromatic N) is 1. The molecule has 0 amide bonds. The van der Waals surface area contributed by atoms with Crippen LogP contribution in [-0.2, 0) is 20.7 Å². The van der Waals surface area contributed by atoms with E-state index in [0.29, 0.717) is 30.3 Å². The first-order valence-corrected chi connectivity index (χ1v) is 8.89. The molecule has 3 rings (SSSR count). The zero-order chi connectivity index (χ0) is 20.8. The molecule has 29 heavy (non-hydrogen) atoms. The lowest BCUT2D eigenvalue weighted by molar-refractivity contribution is -0.385. The smallest absolute Gasteiger partial charge is 0.322 e. The van der Waals surface area contributed by atoms with E-state index >= 15 is 0 Å². The van der Waals surface area contributed by atoms with Crippen LogP contribution in [0.15, 0.2) is 48.2 Å². The van der Waals surface area contributed by atoms with E-state index in [9.17, 15) is 14.9 Å². The highest BCUT2D eigenvalue weighted by Crippen LogP contribution is 2.29. The van der Waals surface area contributed by atoms with Gasteiger partial charge in [-0.1, -0.05) is 12.1 Å². The molecule has 1 aliphatic rings. The molecule has 2 aromatic rings. The topological polar surface area (TPSA) is 126 Å². The molecule has 0 aliphatic carbocycles. The van der Waals surface area contributed by atoms with Crippen LogP contribution in [0.1, 0.15) is 11.1 Å². The largest absolute Gasteiger partial charge is 0.481 e. The zero-order valence-corrected chi connectivity index (χ0v) is 15.8. The molecule has 9 nitrogen and oxygen atoms in total.